The number of nitrogens with zero attached hydrogens (tertiary/aromatic N) is 1. The molecule has 0 radical (unpaired) electrons. The maximum absolute atomic E-state index is 14.5. The number of likely N-dealkylation sites (tertiary alicyclic amines) is 1. The fourth-order valence-electron chi connectivity index (χ4n) is 4.03. The Morgan fingerprint density at radius 1 is 1.18 bits per heavy atom. The van der Waals surface area contributed by atoms with Crippen LogP contribution in [0.3, 0.4) is 0 Å². The van der Waals surface area contributed by atoms with Crippen LogP contribution < -0.4 is 0 Å². The van der Waals surface area contributed by atoms with Crippen LogP contribution in [0.1, 0.15) is 64.4 Å². The van der Waals surface area contributed by atoms with E-state index < -0.39 is 40.9 Å². The van der Waals surface area contributed by atoms with Gasteiger partial charge >= 0.3 is 5.97 Å². The number of piperidine rings is 1. The summed E-state index contributed by atoms with van der Waals surface area (Å²) in [5.41, 5.74) is -1.11. The molecule has 0 N–H and O–H groups in total. The Morgan fingerprint density at radius 3 is 2.55 bits per heavy atom. The summed E-state index contributed by atoms with van der Waals surface area (Å²) in [7, 11) is 0. The van der Waals surface area contributed by atoms with Crippen molar-refractivity contribution >= 4 is 11.9 Å². The zero-order chi connectivity index (χ0) is 24.6. The number of ether oxygens (including phenoxy) is 2. The number of hydrogen-bond donors (Lipinski definition) is 0. The monoisotopic (exact) mass is 467 g/mol. The highest BCUT2D eigenvalue weighted by Crippen LogP contribution is 2.36. The molecule has 1 heterocycles. The third-order valence-corrected chi connectivity index (χ3v) is 5.39. The molecule has 1 aliphatic rings. The van der Waals surface area contributed by atoms with Gasteiger partial charge in [0.2, 0.25) is 5.91 Å². The molecule has 1 amide bonds. The van der Waals surface area contributed by atoms with Gasteiger partial charge in [-0.1, -0.05) is 5.92 Å². The zero-order valence-corrected chi connectivity index (χ0v) is 19.5. The molecule has 0 bridgehead atoms. The fraction of sp³-hybridized carbons (Fsp3) is 0.600. The second kappa shape index (κ2) is 12.1. The highest BCUT2D eigenvalue weighted by molar-refractivity contribution is 5.84. The highest BCUT2D eigenvalue weighted by Gasteiger charge is 2.39. The molecule has 1 fully saturated rings. The number of halogens is 3. The molecule has 8 heteroatoms. The van der Waals surface area contributed by atoms with Gasteiger partial charge in [-0.25, -0.2) is 13.2 Å². The van der Waals surface area contributed by atoms with Crippen molar-refractivity contribution in [1.29, 1.82) is 0 Å². The summed E-state index contributed by atoms with van der Waals surface area (Å²) < 4.78 is 53.4. The number of amides is 1. The number of esters is 1. The zero-order valence-electron chi connectivity index (χ0n) is 19.5. The van der Waals surface area contributed by atoms with Crippen LogP contribution in [0.5, 0.6) is 0 Å². The van der Waals surface area contributed by atoms with E-state index in [0.29, 0.717) is 19.6 Å². The second-order valence-corrected chi connectivity index (χ2v) is 9.28. The Bertz CT molecular complexity index is 876. The SMILES string of the molecule is C#CCOCCCCCN1C[C@H](c2c(F)ccc(F)c2F)C[C@H](CC(=O)OC(C)(C)C)C1=O. The van der Waals surface area contributed by atoms with Crippen LogP contribution in [0, 0.1) is 35.7 Å². The predicted octanol–water partition coefficient (Wildman–Crippen LogP) is 4.59. The molecular weight excluding hydrogens is 435 g/mol. The van der Waals surface area contributed by atoms with Crippen molar-refractivity contribution in [2.24, 2.45) is 5.92 Å². The molecule has 1 aromatic rings. The van der Waals surface area contributed by atoms with Crippen LogP contribution in [-0.4, -0.2) is 48.7 Å². The lowest BCUT2D eigenvalue weighted by molar-refractivity contribution is -0.159. The van der Waals surface area contributed by atoms with Crippen molar-refractivity contribution in [3.8, 4) is 12.3 Å². The number of terminal acetylenes is 1. The molecule has 0 spiro atoms. The smallest absolute Gasteiger partial charge is 0.307 e. The molecule has 1 aliphatic heterocycles. The Kier molecular flexibility index (Phi) is 9.78. The summed E-state index contributed by atoms with van der Waals surface area (Å²) in [5.74, 6) is -3.29. The number of unbranched alkanes of at least 4 members (excludes halogenated alkanes) is 2. The predicted molar refractivity (Wildman–Crippen MR) is 118 cm³/mol. The Labute approximate surface area is 193 Å². The summed E-state index contributed by atoms with van der Waals surface area (Å²) in [6.07, 6.45) is 7.11. The number of carbonyl (C=O) groups excluding carboxylic acids is 2. The van der Waals surface area contributed by atoms with Gasteiger partial charge < -0.3 is 14.4 Å². The molecule has 0 aromatic heterocycles. The number of rotatable bonds is 10. The quantitative estimate of drug-likeness (QED) is 0.219. The maximum Gasteiger partial charge on any atom is 0.307 e. The van der Waals surface area contributed by atoms with Crippen LogP contribution in [0.25, 0.3) is 0 Å². The van der Waals surface area contributed by atoms with Crippen molar-refractivity contribution in [3.05, 3.63) is 35.1 Å². The fourth-order valence-corrected chi connectivity index (χ4v) is 4.03. The van der Waals surface area contributed by atoms with Crippen LogP contribution >= 0.6 is 0 Å². The Hall–Kier alpha value is -2.53. The lowest BCUT2D eigenvalue weighted by Crippen LogP contribution is -2.46. The summed E-state index contributed by atoms with van der Waals surface area (Å²) in [6.45, 7) is 6.29. The molecule has 1 saturated heterocycles. The molecule has 1 aromatic carbocycles. The van der Waals surface area contributed by atoms with E-state index in [4.69, 9.17) is 15.9 Å². The van der Waals surface area contributed by atoms with Crippen molar-refractivity contribution in [3.63, 3.8) is 0 Å². The summed E-state index contributed by atoms with van der Waals surface area (Å²) in [6, 6.07) is 1.62. The van der Waals surface area contributed by atoms with Crippen molar-refractivity contribution < 1.29 is 32.2 Å². The highest BCUT2D eigenvalue weighted by atomic mass is 19.2. The second-order valence-electron chi connectivity index (χ2n) is 9.28. The van der Waals surface area contributed by atoms with E-state index in [-0.39, 0.29) is 37.5 Å². The molecule has 0 unspecified atom stereocenters. The van der Waals surface area contributed by atoms with Gasteiger partial charge in [-0.2, -0.15) is 0 Å². The van der Waals surface area contributed by atoms with Crippen molar-refractivity contribution in [2.45, 2.75) is 64.4 Å². The van der Waals surface area contributed by atoms with E-state index in [1.54, 1.807) is 20.8 Å². The third-order valence-electron chi connectivity index (χ3n) is 5.39. The number of hydrogen-bond acceptors (Lipinski definition) is 4. The largest absolute Gasteiger partial charge is 0.460 e. The van der Waals surface area contributed by atoms with E-state index >= 15 is 0 Å². The van der Waals surface area contributed by atoms with Crippen LogP contribution in [0.2, 0.25) is 0 Å². The van der Waals surface area contributed by atoms with Gasteiger partial charge in [0.05, 0.1) is 6.42 Å². The Balaban J connectivity index is 2.14. The average Bonchev–Trinajstić information content (AvgIpc) is 2.72. The van der Waals surface area contributed by atoms with E-state index in [0.717, 1.165) is 25.0 Å². The average molecular weight is 468 g/mol. The van der Waals surface area contributed by atoms with Crippen molar-refractivity contribution in [2.75, 3.05) is 26.3 Å². The molecule has 33 heavy (non-hydrogen) atoms. The summed E-state index contributed by atoms with van der Waals surface area (Å²) in [4.78, 5) is 26.9. The topological polar surface area (TPSA) is 55.8 Å². The first-order valence-electron chi connectivity index (χ1n) is 11.2. The molecule has 2 rings (SSSR count). The first kappa shape index (κ1) is 26.7. The first-order chi connectivity index (χ1) is 15.5. The van der Waals surface area contributed by atoms with Gasteiger partial charge in [0.1, 0.15) is 18.0 Å². The minimum atomic E-state index is -1.25. The lowest BCUT2D eigenvalue weighted by atomic mass is 9.81. The van der Waals surface area contributed by atoms with Crippen molar-refractivity contribution in [1.82, 2.24) is 4.90 Å². The minimum Gasteiger partial charge on any atom is -0.460 e. The van der Waals surface area contributed by atoms with Gasteiger partial charge in [-0.3, -0.25) is 9.59 Å². The van der Waals surface area contributed by atoms with Gasteiger partial charge in [-0.15, -0.1) is 6.42 Å². The molecule has 0 aliphatic carbocycles. The molecule has 5 nitrogen and oxygen atoms in total. The van der Waals surface area contributed by atoms with E-state index in [1.165, 1.54) is 4.90 Å². The summed E-state index contributed by atoms with van der Waals surface area (Å²) >= 11 is 0. The molecule has 182 valence electrons. The number of benzene rings is 1. The lowest BCUT2D eigenvalue weighted by Gasteiger charge is -2.38. The normalized spacial score (nSPS) is 18.8. The van der Waals surface area contributed by atoms with Crippen LogP contribution in [0.4, 0.5) is 13.2 Å². The van der Waals surface area contributed by atoms with E-state index in [2.05, 4.69) is 5.92 Å². The van der Waals surface area contributed by atoms with Gasteiger partial charge in [-0.05, 0) is 58.6 Å². The third kappa shape index (κ3) is 8.08. The van der Waals surface area contributed by atoms with Gasteiger partial charge in [0.25, 0.3) is 0 Å². The number of carbonyl (C=O) groups is 2. The van der Waals surface area contributed by atoms with Gasteiger partial charge in [0.15, 0.2) is 11.6 Å². The van der Waals surface area contributed by atoms with Gasteiger partial charge in [0, 0.05) is 37.1 Å². The first-order valence-corrected chi connectivity index (χ1v) is 11.2. The van der Waals surface area contributed by atoms with E-state index in [1.807, 2.05) is 0 Å². The minimum absolute atomic E-state index is 0.0335. The molecule has 0 saturated carbocycles. The standard InChI is InChI=1S/C25H32F3NO4/c1-5-12-32-13-8-6-7-11-29-16-18(22-19(26)9-10-20(27)23(22)28)14-17(24(29)31)15-21(30)33-25(2,3)4/h1,9-10,17-18H,6-8,11-16H2,2-4H3/t17-,18-/m1/s1. The summed E-state index contributed by atoms with van der Waals surface area (Å²) in [5, 5.41) is 0. The molecular formula is C25H32F3NO4. The Morgan fingerprint density at radius 2 is 1.88 bits per heavy atom. The van der Waals surface area contributed by atoms with Crippen LogP contribution in [0.15, 0.2) is 12.1 Å². The molecule has 2 atom stereocenters. The van der Waals surface area contributed by atoms with E-state index in [9.17, 15) is 22.8 Å². The van der Waals surface area contributed by atoms with Crippen LogP contribution in [-0.2, 0) is 19.1 Å². The maximum atomic E-state index is 14.5.